The number of unbranched alkanes of at least 4 members (excludes halogenated alkanes) is 4. The Morgan fingerprint density at radius 1 is 1.08 bits per heavy atom. The van der Waals surface area contributed by atoms with Crippen LogP contribution in [0.25, 0.3) is 0 Å². The molecular weight excluding hydrogens is 156 g/mol. The highest BCUT2D eigenvalue weighted by atomic mass is 14.0. The van der Waals surface area contributed by atoms with Crippen molar-refractivity contribution in [3.05, 3.63) is 25.5 Å². The van der Waals surface area contributed by atoms with Crippen LogP contribution in [0.3, 0.4) is 0 Å². The van der Waals surface area contributed by atoms with E-state index < -0.39 is 0 Å². The summed E-state index contributed by atoms with van der Waals surface area (Å²) >= 11 is 0. The fourth-order valence-corrected chi connectivity index (χ4v) is 1.51. The van der Waals surface area contributed by atoms with Crippen LogP contribution >= 0.6 is 0 Å². The maximum atomic E-state index is 3.85. The zero-order valence-corrected chi connectivity index (χ0v) is 9.15. The summed E-state index contributed by atoms with van der Waals surface area (Å²) in [4.78, 5) is 0. The summed E-state index contributed by atoms with van der Waals surface area (Å²) in [5.41, 5.74) is 1.59. The second-order valence-electron chi connectivity index (χ2n) is 3.52. The Morgan fingerprint density at radius 3 is 2.31 bits per heavy atom. The van der Waals surface area contributed by atoms with Gasteiger partial charge < -0.3 is 0 Å². The summed E-state index contributed by atoms with van der Waals surface area (Å²) in [6.45, 7) is 9.92. The van der Waals surface area contributed by atoms with Gasteiger partial charge in [0.2, 0.25) is 0 Å². The number of rotatable bonds is 8. The first-order chi connectivity index (χ1) is 6.35. The van der Waals surface area contributed by atoms with Crippen molar-refractivity contribution < 1.29 is 0 Å². The molecule has 0 saturated carbocycles. The molecule has 0 spiro atoms. The zero-order chi connectivity index (χ0) is 9.94. The molecule has 0 bridgehead atoms. The molecule has 0 aliphatic rings. The van der Waals surface area contributed by atoms with E-state index in [2.05, 4.69) is 26.8 Å². The molecule has 0 aliphatic heterocycles. The van der Waals surface area contributed by atoms with Crippen molar-refractivity contribution in [3.8, 4) is 0 Å². The first kappa shape index (κ1) is 12.7. The molecule has 0 nitrogen and oxygen atoms in total. The minimum absolute atomic E-state index is 0.946. The molecule has 13 heavy (non-hydrogen) atoms. The van der Waals surface area contributed by atoms with Gasteiger partial charge in [-0.05, 0) is 32.6 Å². The minimum Gasteiger partial charge on any atom is -0.0853 e. The van der Waals surface area contributed by atoms with Crippen LogP contribution in [-0.4, -0.2) is 0 Å². The average molecular weight is 180 g/mol. The number of hydrogen-bond acceptors (Lipinski definition) is 0. The van der Waals surface area contributed by atoms with E-state index in [4.69, 9.17) is 0 Å². The largest absolute Gasteiger partial charge is 0.0853 e. The van der Waals surface area contributed by atoms with Gasteiger partial charge in [-0.1, -0.05) is 51.2 Å². The summed E-state index contributed by atoms with van der Waals surface area (Å²) in [6, 6.07) is 0. The molecule has 0 heterocycles. The molecule has 0 fully saturated rings. The second-order valence-corrected chi connectivity index (χ2v) is 3.52. The average Bonchev–Trinajstić information content (AvgIpc) is 2.16. The van der Waals surface area contributed by atoms with Gasteiger partial charge in [0.05, 0.1) is 0 Å². The van der Waals surface area contributed by atoms with Crippen LogP contribution < -0.4 is 0 Å². The van der Waals surface area contributed by atoms with Crippen molar-refractivity contribution in [1.29, 1.82) is 0 Å². The Labute approximate surface area is 84.4 Å². The SMILES string of the molecule is [CH2]C/C=C(\CC)CCCCCC[CH2]. The molecule has 0 aliphatic carbocycles. The molecule has 0 aromatic rings. The van der Waals surface area contributed by atoms with Crippen LogP contribution in [0, 0.1) is 13.8 Å². The minimum atomic E-state index is 0.946. The number of allylic oxidation sites excluding steroid dienone is 2. The summed E-state index contributed by atoms with van der Waals surface area (Å²) in [5.74, 6) is 0. The van der Waals surface area contributed by atoms with Gasteiger partial charge in [0.1, 0.15) is 0 Å². The Kier molecular flexibility index (Phi) is 9.63. The van der Waals surface area contributed by atoms with Crippen molar-refractivity contribution in [3.63, 3.8) is 0 Å². The van der Waals surface area contributed by atoms with Crippen molar-refractivity contribution in [1.82, 2.24) is 0 Å². The van der Waals surface area contributed by atoms with Gasteiger partial charge in [-0.3, -0.25) is 0 Å². The normalized spacial score (nSPS) is 12.1. The second kappa shape index (κ2) is 9.83. The highest BCUT2D eigenvalue weighted by Crippen LogP contribution is 2.14. The highest BCUT2D eigenvalue weighted by molar-refractivity contribution is 5.01. The number of hydrogen-bond donors (Lipinski definition) is 0. The monoisotopic (exact) mass is 180 g/mol. The third kappa shape index (κ3) is 8.08. The Hall–Kier alpha value is -0.260. The van der Waals surface area contributed by atoms with E-state index in [-0.39, 0.29) is 0 Å². The van der Waals surface area contributed by atoms with Gasteiger partial charge in [0.15, 0.2) is 0 Å². The van der Waals surface area contributed by atoms with Gasteiger partial charge in [-0.25, -0.2) is 0 Å². The van der Waals surface area contributed by atoms with Crippen LogP contribution in [-0.2, 0) is 0 Å². The molecular formula is C13H24. The molecule has 0 aromatic carbocycles. The molecule has 0 rings (SSSR count). The third-order valence-electron chi connectivity index (χ3n) is 2.39. The van der Waals surface area contributed by atoms with Gasteiger partial charge in [0, 0.05) is 0 Å². The molecule has 0 saturated heterocycles. The van der Waals surface area contributed by atoms with E-state index >= 15 is 0 Å². The van der Waals surface area contributed by atoms with E-state index in [0.717, 1.165) is 12.8 Å². The van der Waals surface area contributed by atoms with Crippen LogP contribution in [0.5, 0.6) is 0 Å². The summed E-state index contributed by atoms with van der Waals surface area (Å²) in [6.07, 6.45) is 12.2. The molecule has 0 atom stereocenters. The van der Waals surface area contributed by atoms with E-state index in [0.29, 0.717) is 0 Å². The lowest BCUT2D eigenvalue weighted by molar-refractivity contribution is 0.638. The highest BCUT2D eigenvalue weighted by Gasteiger charge is 1.94. The van der Waals surface area contributed by atoms with E-state index in [1.165, 1.54) is 38.5 Å². The van der Waals surface area contributed by atoms with Crippen molar-refractivity contribution in [2.24, 2.45) is 0 Å². The Bertz CT molecular complexity index is 122. The van der Waals surface area contributed by atoms with E-state index in [9.17, 15) is 0 Å². The lowest BCUT2D eigenvalue weighted by Gasteiger charge is -2.03. The van der Waals surface area contributed by atoms with Gasteiger partial charge >= 0.3 is 0 Å². The molecule has 0 unspecified atom stereocenters. The van der Waals surface area contributed by atoms with Crippen molar-refractivity contribution >= 4 is 0 Å². The Balaban J connectivity index is 3.33. The summed E-state index contributed by atoms with van der Waals surface area (Å²) in [5, 5.41) is 0. The lowest BCUT2D eigenvalue weighted by Crippen LogP contribution is -1.83. The van der Waals surface area contributed by atoms with Gasteiger partial charge in [-0.2, -0.15) is 0 Å². The molecule has 0 amide bonds. The first-order valence-corrected chi connectivity index (χ1v) is 5.61. The van der Waals surface area contributed by atoms with Crippen LogP contribution in [0.2, 0.25) is 0 Å². The van der Waals surface area contributed by atoms with Crippen LogP contribution in [0.4, 0.5) is 0 Å². The van der Waals surface area contributed by atoms with E-state index in [1.807, 2.05) is 0 Å². The molecule has 0 aromatic heterocycles. The molecule has 0 heteroatoms. The fourth-order valence-electron chi connectivity index (χ4n) is 1.51. The van der Waals surface area contributed by atoms with Crippen LogP contribution in [0.15, 0.2) is 11.6 Å². The standard InChI is InChI=1S/C13H24/c1-4-7-8-9-10-12-13(6-3)11-5-2/h11H,1-2,4-10,12H2,3H3/b13-11+. The lowest BCUT2D eigenvalue weighted by atomic mass is 10.0. The third-order valence-corrected chi connectivity index (χ3v) is 2.39. The molecule has 76 valence electrons. The first-order valence-electron chi connectivity index (χ1n) is 5.61. The van der Waals surface area contributed by atoms with E-state index in [1.54, 1.807) is 5.57 Å². The Morgan fingerprint density at radius 2 is 1.77 bits per heavy atom. The van der Waals surface area contributed by atoms with Crippen molar-refractivity contribution in [2.45, 2.75) is 58.3 Å². The van der Waals surface area contributed by atoms with Crippen LogP contribution in [0.1, 0.15) is 58.3 Å². The van der Waals surface area contributed by atoms with Gasteiger partial charge in [0.25, 0.3) is 0 Å². The molecule has 2 radical (unpaired) electrons. The topological polar surface area (TPSA) is 0 Å². The summed E-state index contributed by atoms with van der Waals surface area (Å²) in [7, 11) is 0. The maximum absolute atomic E-state index is 3.85. The fraction of sp³-hybridized carbons (Fsp3) is 0.692. The maximum Gasteiger partial charge on any atom is -0.0320 e. The zero-order valence-electron chi connectivity index (χ0n) is 9.15. The predicted octanol–water partition coefficient (Wildman–Crippen LogP) is 4.72. The van der Waals surface area contributed by atoms with Gasteiger partial charge in [-0.15, -0.1) is 0 Å². The predicted molar refractivity (Wildman–Crippen MR) is 61.4 cm³/mol. The quantitative estimate of drug-likeness (QED) is 0.374. The summed E-state index contributed by atoms with van der Waals surface area (Å²) < 4.78 is 0. The molecule has 0 N–H and O–H groups in total. The smallest absolute Gasteiger partial charge is 0.0320 e. The van der Waals surface area contributed by atoms with Crippen molar-refractivity contribution in [2.75, 3.05) is 0 Å².